The Labute approximate surface area is 195 Å². The van der Waals surface area contributed by atoms with Crippen LogP contribution in [0.15, 0.2) is 71.1 Å². The van der Waals surface area contributed by atoms with Gasteiger partial charge in [0.25, 0.3) is 0 Å². The third-order valence-corrected chi connectivity index (χ3v) is 4.44. The van der Waals surface area contributed by atoms with Crippen molar-refractivity contribution in [2.75, 3.05) is 24.1 Å². The molecular weight excluding hydrogens is 463 g/mol. The highest BCUT2D eigenvalue weighted by molar-refractivity contribution is 6.31. The molecule has 0 saturated heterocycles. The first-order chi connectivity index (χ1) is 14.6. The monoisotopic (exact) mass is 480 g/mol. The van der Waals surface area contributed by atoms with Crippen molar-refractivity contribution in [3.8, 4) is 0 Å². The lowest BCUT2D eigenvalue weighted by Gasteiger charge is -2.07. The van der Waals surface area contributed by atoms with Crippen LogP contribution in [0.4, 0.5) is 11.6 Å². The van der Waals surface area contributed by atoms with Crippen molar-refractivity contribution >= 4 is 58.7 Å². The summed E-state index contributed by atoms with van der Waals surface area (Å²) in [5, 5.41) is 28.7. The van der Waals surface area contributed by atoms with Crippen molar-refractivity contribution < 1.29 is 10.2 Å². The van der Waals surface area contributed by atoms with E-state index < -0.39 is 0 Å². The first-order valence-electron chi connectivity index (χ1n) is 8.80. The van der Waals surface area contributed by atoms with Gasteiger partial charge >= 0.3 is 0 Å². The number of nitrogens with zero attached hydrogens (tertiary/aromatic N) is 4. The van der Waals surface area contributed by atoms with Gasteiger partial charge in [-0.1, -0.05) is 47.5 Å². The summed E-state index contributed by atoms with van der Waals surface area (Å²) in [5.74, 6) is 0.777. The molecule has 3 rings (SSSR count). The van der Waals surface area contributed by atoms with E-state index in [-0.39, 0.29) is 25.6 Å². The summed E-state index contributed by atoms with van der Waals surface area (Å²) in [4.78, 5) is 8.17. The molecule has 1 heterocycles. The molecule has 11 heteroatoms. The van der Waals surface area contributed by atoms with Crippen molar-refractivity contribution in [2.24, 2.45) is 10.2 Å². The second-order valence-corrected chi connectivity index (χ2v) is 6.83. The van der Waals surface area contributed by atoms with Gasteiger partial charge in [-0.3, -0.25) is 10.9 Å². The number of anilines is 2. The SMILES string of the molecule is Cl.OC/C(=N\Nc1cc(N/N=C(\CO)c2ccc(Cl)cc2)ncn1)c1ccc(Cl)cc1. The molecule has 0 amide bonds. The van der Waals surface area contributed by atoms with Gasteiger partial charge in [0.15, 0.2) is 11.6 Å². The van der Waals surface area contributed by atoms with E-state index in [1.807, 2.05) is 0 Å². The van der Waals surface area contributed by atoms with Crippen LogP contribution in [-0.2, 0) is 0 Å². The van der Waals surface area contributed by atoms with Crippen molar-refractivity contribution in [3.05, 3.63) is 82.1 Å². The molecule has 0 aliphatic rings. The van der Waals surface area contributed by atoms with Crippen LogP contribution < -0.4 is 10.9 Å². The average Bonchev–Trinajstić information content (AvgIpc) is 2.77. The number of hydrazone groups is 2. The quantitative estimate of drug-likeness (QED) is 0.287. The highest BCUT2D eigenvalue weighted by Crippen LogP contribution is 2.13. The topological polar surface area (TPSA) is 115 Å². The van der Waals surface area contributed by atoms with Crippen molar-refractivity contribution in [3.63, 3.8) is 0 Å². The van der Waals surface area contributed by atoms with E-state index in [0.717, 1.165) is 11.1 Å². The fraction of sp³-hybridized carbons (Fsp3) is 0.100. The first-order valence-corrected chi connectivity index (χ1v) is 9.55. The minimum absolute atomic E-state index is 0. The molecule has 0 aliphatic carbocycles. The maximum atomic E-state index is 9.58. The van der Waals surface area contributed by atoms with Gasteiger partial charge in [-0.15, -0.1) is 12.4 Å². The molecule has 31 heavy (non-hydrogen) atoms. The van der Waals surface area contributed by atoms with Crippen molar-refractivity contribution in [1.82, 2.24) is 9.97 Å². The summed E-state index contributed by atoms with van der Waals surface area (Å²) in [5.41, 5.74) is 7.85. The lowest BCUT2D eigenvalue weighted by Crippen LogP contribution is -2.11. The van der Waals surface area contributed by atoms with Gasteiger partial charge in [-0.05, 0) is 24.3 Å². The molecule has 0 unspecified atom stereocenters. The second kappa shape index (κ2) is 12.2. The van der Waals surface area contributed by atoms with Gasteiger partial charge in [0.2, 0.25) is 0 Å². The Kier molecular flexibility index (Phi) is 9.64. The van der Waals surface area contributed by atoms with Crippen molar-refractivity contribution in [2.45, 2.75) is 0 Å². The average molecular weight is 482 g/mol. The Morgan fingerprint density at radius 2 is 1.13 bits per heavy atom. The number of aliphatic hydroxyl groups excluding tert-OH is 2. The van der Waals surface area contributed by atoms with Gasteiger partial charge in [0.05, 0.1) is 24.6 Å². The number of aromatic nitrogens is 2. The maximum Gasteiger partial charge on any atom is 0.151 e. The van der Waals surface area contributed by atoms with E-state index in [1.54, 1.807) is 54.6 Å². The predicted octanol–water partition coefficient (Wildman–Crippen LogP) is 3.82. The molecule has 8 nitrogen and oxygen atoms in total. The zero-order valence-electron chi connectivity index (χ0n) is 16.0. The van der Waals surface area contributed by atoms with E-state index in [4.69, 9.17) is 23.2 Å². The molecule has 162 valence electrons. The standard InChI is InChI=1S/C20H18Cl2N6O2.ClH/c21-15-5-1-13(2-6-15)17(10-29)25-27-19-9-20(24-12-23-19)28-26-18(11-30)14-3-7-16(22)8-4-14;/h1-9,12,29-30H,10-11H2,(H2,23,24,27,28);1H/b25-17+,26-18+;. The van der Waals surface area contributed by atoms with Crippen LogP contribution in [0.3, 0.4) is 0 Å². The molecule has 0 saturated carbocycles. The van der Waals surface area contributed by atoms with Gasteiger partial charge in [-0.25, -0.2) is 9.97 Å². The molecule has 3 aromatic rings. The van der Waals surface area contributed by atoms with Gasteiger partial charge in [0.1, 0.15) is 6.33 Å². The summed E-state index contributed by atoms with van der Waals surface area (Å²) < 4.78 is 0. The fourth-order valence-electron chi connectivity index (χ4n) is 2.40. The third kappa shape index (κ3) is 7.16. The van der Waals surface area contributed by atoms with Gasteiger partial charge in [-0.2, -0.15) is 10.2 Å². The second-order valence-electron chi connectivity index (χ2n) is 5.96. The molecular formula is C20H19Cl3N6O2. The van der Waals surface area contributed by atoms with E-state index in [2.05, 4.69) is 31.0 Å². The molecule has 0 atom stereocenters. The maximum absolute atomic E-state index is 9.58. The Bertz CT molecular complexity index is 963. The number of hydrogen-bond acceptors (Lipinski definition) is 8. The lowest BCUT2D eigenvalue weighted by atomic mass is 10.1. The molecule has 0 fully saturated rings. The van der Waals surface area contributed by atoms with Crippen LogP contribution in [-0.4, -0.2) is 44.8 Å². The molecule has 4 N–H and O–H groups in total. The molecule has 0 aliphatic heterocycles. The summed E-state index contributed by atoms with van der Waals surface area (Å²) in [6.45, 7) is -0.536. The summed E-state index contributed by atoms with van der Waals surface area (Å²) in [7, 11) is 0. The van der Waals surface area contributed by atoms with Crippen LogP contribution >= 0.6 is 35.6 Å². The molecule has 0 spiro atoms. The number of rotatable bonds is 8. The minimum Gasteiger partial charge on any atom is -0.390 e. The highest BCUT2D eigenvalue weighted by atomic mass is 35.5. The molecule has 0 bridgehead atoms. The predicted molar refractivity (Wildman–Crippen MR) is 127 cm³/mol. The Morgan fingerprint density at radius 3 is 1.48 bits per heavy atom. The van der Waals surface area contributed by atoms with E-state index >= 15 is 0 Å². The number of aliphatic hydroxyl groups is 2. The zero-order chi connectivity index (χ0) is 21.3. The number of hydrogen-bond donors (Lipinski definition) is 4. The van der Waals surface area contributed by atoms with Gasteiger partial charge in [0, 0.05) is 27.2 Å². The largest absolute Gasteiger partial charge is 0.390 e. The van der Waals surface area contributed by atoms with E-state index in [9.17, 15) is 10.2 Å². The first kappa shape index (κ1) is 24.5. The number of nitrogens with one attached hydrogen (secondary N) is 2. The fourth-order valence-corrected chi connectivity index (χ4v) is 2.65. The highest BCUT2D eigenvalue weighted by Gasteiger charge is 2.05. The molecule has 2 aromatic carbocycles. The van der Waals surface area contributed by atoms with Crippen LogP contribution in [0, 0.1) is 0 Å². The number of benzene rings is 2. The summed E-state index contributed by atoms with van der Waals surface area (Å²) in [6, 6.07) is 15.5. The normalized spacial score (nSPS) is 11.6. The Balaban J connectivity index is 0.00000341. The number of halogens is 3. The zero-order valence-corrected chi connectivity index (χ0v) is 18.4. The van der Waals surface area contributed by atoms with E-state index in [1.165, 1.54) is 6.33 Å². The van der Waals surface area contributed by atoms with Crippen LogP contribution in [0.2, 0.25) is 10.0 Å². The van der Waals surface area contributed by atoms with Crippen LogP contribution in [0.1, 0.15) is 11.1 Å². The molecule has 0 radical (unpaired) electrons. The summed E-state index contributed by atoms with van der Waals surface area (Å²) in [6.07, 6.45) is 1.33. The summed E-state index contributed by atoms with van der Waals surface area (Å²) >= 11 is 11.8. The van der Waals surface area contributed by atoms with Crippen molar-refractivity contribution in [1.29, 1.82) is 0 Å². The molecule has 1 aromatic heterocycles. The van der Waals surface area contributed by atoms with E-state index in [0.29, 0.717) is 33.1 Å². The van der Waals surface area contributed by atoms with Crippen LogP contribution in [0.25, 0.3) is 0 Å². The van der Waals surface area contributed by atoms with Gasteiger partial charge < -0.3 is 10.2 Å². The Hall–Kier alpha value is -2.75. The smallest absolute Gasteiger partial charge is 0.151 e. The minimum atomic E-state index is -0.268. The van der Waals surface area contributed by atoms with Crippen LogP contribution in [0.5, 0.6) is 0 Å². The lowest BCUT2D eigenvalue weighted by molar-refractivity contribution is 0.357. The Morgan fingerprint density at radius 1 is 0.742 bits per heavy atom. The third-order valence-electron chi connectivity index (χ3n) is 3.93.